The molecule has 2 aromatic carbocycles. The molecule has 2 rings (SSSR count). The quantitative estimate of drug-likeness (QED) is 0.748. The normalized spacial score (nSPS) is 13.1. The average molecular weight is 390 g/mol. The third kappa shape index (κ3) is 4.53. The Morgan fingerprint density at radius 2 is 1.41 bits per heavy atom. The monoisotopic (exact) mass is 389 g/mol. The van der Waals surface area contributed by atoms with Crippen LogP contribution in [0.1, 0.15) is 66.1 Å². The summed E-state index contributed by atoms with van der Waals surface area (Å²) in [6.07, 6.45) is 0. The minimum absolute atomic E-state index is 0.161. The summed E-state index contributed by atoms with van der Waals surface area (Å²) in [5, 5.41) is 0. The van der Waals surface area contributed by atoms with Crippen molar-refractivity contribution in [1.82, 2.24) is 4.72 Å². The van der Waals surface area contributed by atoms with Crippen LogP contribution >= 0.6 is 0 Å². The van der Waals surface area contributed by atoms with Crippen LogP contribution in [0, 0.1) is 27.7 Å². The smallest absolute Gasteiger partial charge is 0.241 e. The zero-order chi connectivity index (χ0) is 20.5. The summed E-state index contributed by atoms with van der Waals surface area (Å²) in [5.74, 6) is 0.883. The highest BCUT2D eigenvalue weighted by Crippen LogP contribution is 2.32. The predicted octanol–water partition coefficient (Wildman–Crippen LogP) is 5.09. The second-order valence-corrected chi connectivity index (χ2v) is 9.33. The van der Waals surface area contributed by atoms with Gasteiger partial charge in [-0.25, -0.2) is 13.1 Å². The van der Waals surface area contributed by atoms with E-state index in [4.69, 9.17) is 4.74 Å². The van der Waals surface area contributed by atoms with Crippen molar-refractivity contribution in [2.24, 2.45) is 0 Å². The fraction of sp³-hybridized carbons (Fsp3) is 0.455. The highest BCUT2D eigenvalue weighted by atomic mass is 32.2. The molecule has 5 heteroatoms. The molecule has 27 heavy (non-hydrogen) atoms. The largest absolute Gasteiger partial charge is 0.496 e. The summed E-state index contributed by atoms with van der Waals surface area (Å²) in [6, 6.07) is 7.39. The standard InChI is InChI=1S/C22H31NO3S/c1-13(2)19-12-22(17(6)11-21(19)26-8)27(24,25)23-18(7)20-10-15(4)14(3)9-16(20)5/h9-13,18,23H,1-8H3. The van der Waals surface area contributed by atoms with E-state index in [-0.39, 0.29) is 12.0 Å². The number of methoxy groups -OCH3 is 1. The molecule has 1 N–H and O–H groups in total. The molecule has 0 spiro atoms. The van der Waals surface area contributed by atoms with E-state index in [1.165, 1.54) is 5.56 Å². The van der Waals surface area contributed by atoms with Crippen LogP contribution in [0.4, 0.5) is 0 Å². The van der Waals surface area contributed by atoms with Gasteiger partial charge >= 0.3 is 0 Å². The van der Waals surface area contributed by atoms with E-state index in [0.717, 1.165) is 28.0 Å². The molecular weight excluding hydrogens is 358 g/mol. The Kier molecular flexibility index (Phi) is 6.38. The molecule has 0 amide bonds. The van der Waals surface area contributed by atoms with E-state index in [2.05, 4.69) is 23.8 Å². The Bertz CT molecular complexity index is 947. The zero-order valence-electron chi connectivity index (χ0n) is 17.6. The lowest BCUT2D eigenvalue weighted by atomic mass is 9.97. The molecule has 0 aliphatic heterocycles. The lowest BCUT2D eigenvalue weighted by molar-refractivity contribution is 0.406. The fourth-order valence-corrected chi connectivity index (χ4v) is 4.89. The molecule has 1 atom stereocenters. The van der Waals surface area contributed by atoms with Crippen molar-refractivity contribution in [3.8, 4) is 5.75 Å². The van der Waals surface area contributed by atoms with Crippen LogP contribution in [0.25, 0.3) is 0 Å². The van der Waals surface area contributed by atoms with Gasteiger partial charge in [0.15, 0.2) is 0 Å². The lowest BCUT2D eigenvalue weighted by Gasteiger charge is -2.21. The number of rotatable bonds is 6. The molecule has 0 bridgehead atoms. The second kappa shape index (κ2) is 8.03. The van der Waals surface area contributed by atoms with Crippen LogP contribution in [-0.4, -0.2) is 15.5 Å². The van der Waals surface area contributed by atoms with E-state index in [1.54, 1.807) is 26.2 Å². The lowest BCUT2D eigenvalue weighted by Crippen LogP contribution is -2.28. The maximum Gasteiger partial charge on any atom is 0.241 e. The molecular formula is C22H31NO3S. The van der Waals surface area contributed by atoms with Crippen molar-refractivity contribution in [3.05, 3.63) is 57.6 Å². The Hall–Kier alpha value is -1.85. The molecule has 0 saturated carbocycles. The zero-order valence-corrected chi connectivity index (χ0v) is 18.4. The van der Waals surface area contributed by atoms with Crippen molar-refractivity contribution in [2.45, 2.75) is 65.3 Å². The van der Waals surface area contributed by atoms with Gasteiger partial charge in [0.25, 0.3) is 0 Å². The SMILES string of the molecule is COc1cc(C)c(S(=O)(=O)NC(C)c2cc(C)c(C)cc2C)cc1C(C)C. The summed E-state index contributed by atoms with van der Waals surface area (Å²) in [7, 11) is -2.06. The Labute approximate surface area is 164 Å². The Morgan fingerprint density at radius 1 is 0.815 bits per heavy atom. The van der Waals surface area contributed by atoms with Gasteiger partial charge in [-0.1, -0.05) is 26.0 Å². The molecule has 0 fully saturated rings. The summed E-state index contributed by atoms with van der Waals surface area (Å²) in [5.41, 5.74) is 6.01. The van der Waals surface area contributed by atoms with Crippen LogP contribution < -0.4 is 9.46 Å². The maximum atomic E-state index is 13.1. The minimum Gasteiger partial charge on any atom is -0.496 e. The highest BCUT2D eigenvalue weighted by molar-refractivity contribution is 7.89. The molecule has 4 nitrogen and oxygen atoms in total. The summed E-state index contributed by atoms with van der Waals surface area (Å²) >= 11 is 0. The first-order valence-electron chi connectivity index (χ1n) is 9.26. The number of aryl methyl sites for hydroxylation is 4. The number of benzene rings is 2. The summed E-state index contributed by atoms with van der Waals surface area (Å²) in [6.45, 7) is 13.9. The van der Waals surface area contributed by atoms with Crippen molar-refractivity contribution in [3.63, 3.8) is 0 Å². The van der Waals surface area contributed by atoms with Gasteiger partial charge < -0.3 is 4.74 Å². The molecule has 0 radical (unpaired) electrons. The van der Waals surface area contributed by atoms with Crippen LogP contribution in [0.3, 0.4) is 0 Å². The number of ether oxygens (including phenoxy) is 1. The van der Waals surface area contributed by atoms with Gasteiger partial charge in [0.2, 0.25) is 10.0 Å². The Balaban J connectivity index is 2.45. The third-order valence-electron chi connectivity index (χ3n) is 5.12. The van der Waals surface area contributed by atoms with Crippen molar-refractivity contribution >= 4 is 10.0 Å². The molecule has 0 aliphatic carbocycles. The van der Waals surface area contributed by atoms with Crippen molar-refractivity contribution < 1.29 is 13.2 Å². The van der Waals surface area contributed by atoms with E-state index in [1.807, 2.05) is 34.6 Å². The molecule has 0 aromatic heterocycles. The molecule has 0 heterocycles. The molecule has 1 unspecified atom stereocenters. The minimum atomic E-state index is -3.66. The number of sulfonamides is 1. The third-order valence-corrected chi connectivity index (χ3v) is 6.80. The number of nitrogens with one attached hydrogen (secondary N) is 1. The first-order chi connectivity index (χ1) is 12.5. The van der Waals surface area contributed by atoms with E-state index in [9.17, 15) is 8.42 Å². The summed E-state index contributed by atoms with van der Waals surface area (Å²) < 4.78 is 34.5. The first-order valence-corrected chi connectivity index (χ1v) is 10.7. The van der Waals surface area contributed by atoms with Gasteiger partial charge in [-0.05, 0) is 86.1 Å². The van der Waals surface area contributed by atoms with Gasteiger partial charge in [0.05, 0.1) is 12.0 Å². The molecule has 0 aliphatic rings. The van der Waals surface area contributed by atoms with Crippen LogP contribution in [0.15, 0.2) is 29.2 Å². The van der Waals surface area contributed by atoms with Gasteiger partial charge in [0, 0.05) is 6.04 Å². The maximum absolute atomic E-state index is 13.1. The van der Waals surface area contributed by atoms with Crippen LogP contribution in [0.2, 0.25) is 0 Å². The van der Waals surface area contributed by atoms with Gasteiger partial charge in [-0.2, -0.15) is 0 Å². The predicted molar refractivity (Wildman–Crippen MR) is 111 cm³/mol. The molecule has 0 saturated heterocycles. The van der Waals surface area contributed by atoms with Gasteiger partial charge in [-0.3, -0.25) is 0 Å². The van der Waals surface area contributed by atoms with E-state index >= 15 is 0 Å². The Morgan fingerprint density at radius 3 is 1.96 bits per heavy atom. The van der Waals surface area contributed by atoms with Crippen molar-refractivity contribution in [2.75, 3.05) is 7.11 Å². The van der Waals surface area contributed by atoms with Gasteiger partial charge in [0.1, 0.15) is 5.75 Å². The number of hydrogen-bond donors (Lipinski definition) is 1. The van der Waals surface area contributed by atoms with Crippen LogP contribution in [-0.2, 0) is 10.0 Å². The second-order valence-electron chi connectivity index (χ2n) is 7.65. The molecule has 148 valence electrons. The fourth-order valence-electron chi connectivity index (χ4n) is 3.40. The number of hydrogen-bond acceptors (Lipinski definition) is 3. The molecule has 2 aromatic rings. The van der Waals surface area contributed by atoms with Gasteiger partial charge in [-0.15, -0.1) is 0 Å². The van der Waals surface area contributed by atoms with E-state index in [0.29, 0.717) is 10.5 Å². The summed E-state index contributed by atoms with van der Waals surface area (Å²) in [4.78, 5) is 0.306. The first kappa shape index (κ1) is 21.5. The topological polar surface area (TPSA) is 55.4 Å². The highest BCUT2D eigenvalue weighted by Gasteiger charge is 2.24. The van der Waals surface area contributed by atoms with Crippen LogP contribution in [0.5, 0.6) is 5.75 Å². The average Bonchev–Trinajstić information content (AvgIpc) is 2.56. The van der Waals surface area contributed by atoms with Crippen molar-refractivity contribution in [1.29, 1.82) is 0 Å². The van der Waals surface area contributed by atoms with E-state index < -0.39 is 10.0 Å².